The molecular formula is C42H44F3N6O12P. The van der Waals surface area contributed by atoms with Gasteiger partial charge in [-0.2, -0.15) is 18.2 Å². The summed E-state index contributed by atoms with van der Waals surface area (Å²) in [5.41, 5.74) is -0.924. The number of ether oxygens (including phenoxy) is 1. The predicted molar refractivity (Wildman–Crippen MR) is 225 cm³/mol. The number of halogens is 3. The second-order valence-electron chi connectivity index (χ2n) is 13.9. The lowest BCUT2D eigenvalue weighted by atomic mass is 9.95. The summed E-state index contributed by atoms with van der Waals surface area (Å²) in [7, 11) is -3.71. The predicted octanol–water partition coefficient (Wildman–Crippen LogP) is 7.97. The number of anilines is 3. The van der Waals surface area contributed by atoms with Crippen molar-refractivity contribution in [3.8, 4) is 5.75 Å². The molecule has 2 heterocycles. The van der Waals surface area contributed by atoms with E-state index in [1.54, 1.807) is 50.2 Å². The van der Waals surface area contributed by atoms with Crippen LogP contribution in [0.4, 0.5) is 30.5 Å². The minimum atomic E-state index is -4.79. The fraction of sp³-hybridized carbons (Fsp3) is 0.333. The number of carbonyl (C=O) groups excluding carboxylic acids is 2. The molecule has 5 rings (SSSR count). The van der Waals surface area contributed by atoms with Gasteiger partial charge in [0.2, 0.25) is 5.95 Å². The molecule has 1 unspecified atom stereocenters. The van der Waals surface area contributed by atoms with Gasteiger partial charge in [-0.3, -0.25) is 37.7 Å². The van der Waals surface area contributed by atoms with E-state index in [9.17, 15) is 46.8 Å². The summed E-state index contributed by atoms with van der Waals surface area (Å²) in [5.74, 6) is -4.57. The normalized spacial score (nSPS) is 12.1. The first-order valence-corrected chi connectivity index (χ1v) is 21.3. The minimum absolute atomic E-state index is 0.00161. The van der Waals surface area contributed by atoms with Crippen LogP contribution in [-0.4, -0.2) is 73.7 Å². The molecule has 0 saturated carbocycles. The number of benzene rings is 3. The highest BCUT2D eigenvalue weighted by Gasteiger charge is 2.32. The molecule has 5 N–H and O–H groups in total. The number of hydrogen-bond acceptors (Lipinski definition) is 15. The van der Waals surface area contributed by atoms with E-state index in [4.69, 9.17) is 23.4 Å². The lowest BCUT2D eigenvalue weighted by Crippen LogP contribution is -2.17. The molecule has 0 spiro atoms. The van der Waals surface area contributed by atoms with Gasteiger partial charge >= 0.3 is 31.9 Å². The van der Waals surface area contributed by atoms with E-state index in [1.807, 2.05) is 0 Å². The van der Waals surface area contributed by atoms with Crippen LogP contribution in [0.2, 0.25) is 0 Å². The van der Waals surface area contributed by atoms with E-state index in [2.05, 4.69) is 30.6 Å². The number of rotatable bonds is 24. The molecule has 0 aliphatic carbocycles. The van der Waals surface area contributed by atoms with E-state index in [1.165, 1.54) is 18.3 Å². The molecule has 3 aromatic carbocycles. The Hall–Kier alpha value is -6.54. The largest absolute Gasteiger partial charge is 0.481 e. The number of aliphatic carboxylic acids is 2. The summed E-state index contributed by atoms with van der Waals surface area (Å²) in [6.45, 7) is 3.63. The topological polar surface area (TPSA) is 258 Å². The van der Waals surface area contributed by atoms with Crippen molar-refractivity contribution in [1.82, 2.24) is 19.9 Å². The van der Waals surface area contributed by atoms with Crippen LogP contribution in [0.15, 0.2) is 77.7 Å². The van der Waals surface area contributed by atoms with Gasteiger partial charge in [0.25, 0.3) is 5.56 Å². The van der Waals surface area contributed by atoms with Crippen LogP contribution in [0, 0.1) is 5.92 Å². The quantitative estimate of drug-likeness (QED) is 0.0170. The molecular weight excluding hydrogens is 868 g/mol. The summed E-state index contributed by atoms with van der Waals surface area (Å²) >= 11 is 0. The van der Waals surface area contributed by atoms with Crippen LogP contribution in [0.5, 0.6) is 5.75 Å². The van der Waals surface area contributed by atoms with Gasteiger partial charge in [0.15, 0.2) is 16.9 Å². The van der Waals surface area contributed by atoms with Crippen molar-refractivity contribution < 1.29 is 65.4 Å². The molecule has 2 aromatic heterocycles. The Morgan fingerprint density at radius 2 is 1.59 bits per heavy atom. The summed E-state index contributed by atoms with van der Waals surface area (Å²) in [5, 5.41) is 23.8. The molecule has 0 bridgehead atoms. The summed E-state index contributed by atoms with van der Waals surface area (Å²) in [6.07, 6.45) is -2.94. The number of ketones is 1. The zero-order valence-electron chi connectivity index (χ0n) is 34.5. The number of aromatic nitrogens is 4. The average Bonchev–Trinajstić information content (AvgIpc) is 3.24. The number of nitrogens with one attached hydrogen (secondary N) is 3. The Morgan fingerprint density at radius 1 is 0.891 bits per heavy atom. The molecule has 64 heavy (non-hydrogen) atoms. The molecule has 0 radical (unpaired) electrons. The van der Waals surface area contributed by atoms with Crippen LogP contribution in [0.25, 0.3) is 11.2 Å². The first-order valence-electron chi connectivity index (χ1n) is 19.9. The number of phosphoric acid groups is 1. The second-order valence-corrected chi connectivity index (χ2v) is 15.6. The minimum Gasteiger partial charge on any atom is -0.481 e. The van der Waals surface area contributed by atoms with Gasteiger partial charge in [-0.1, -0.05) is 12.1 Å². The molecule has 340 valence electrons. The number of carboxylic acid groups (broad SMARTS) is 2. The standard InChI is InChI=1S/C42H44F3N6O12P/c1-3-60-64(59,61-4-2)62-21-20-25-8-16-31(17-9-25)63-40(58)32-18-13-28(42(43,44)45)22-33(32)49-41-50-37-36(38(55)51-41)48-30(24-47-37)23-46-29-14-10-26(11-15-29)34(52)7-5-6-27(39(56)57)12-19-35(53)54/h8-11,13-18,22,24,27,46H,3-7,12,19-21,23H2,1-2H3,(H,53,54)(H,56,57)(H2,47,49,50,51,55). The Bertz CT molecular complexity index is 2550. The number of Topliss-reactive ketones (excluding diaryl/α,β-unsaturated/α-hetero) is 1. The summed E-state index contributed by atoms with van der Waals surface area (Å²) in [4.78, 5) is 76.5. The fourth-order valence-electron chi connectivity index (χ4n) is 6.13. The maximum absolute atomic E-state index is 13.8. The number of hydrogen-bond donors (Lipinski definition) is 5. The highest BCUT2D eigenvalue weighted by molar-refractivity contribution is 7.48. The molecule has 22 heteroatoms. The van der Waals surface area contributed by atoms with Crippen LogP contribution < -0.4 is 20.9 Å². The Kier molecular flexibility index (Phi) is 16.8. The second kappa shape index (κ2) is 22.2. The molecule has 18 nitrogen and oxygen atoms in total. The molecule has 0 amide bonds. The van der Waals surface area contributed by atoms with Crippen molar-refractivity contribution in [2.24, 2.45) is 5.92 Å². The van der Waals surface area contributed by atoms with Crippen molar-refractivity contribution in [3.05, 3.63) is 111 Å². The zero-order valence-corrected chi connectivity index (χ0v) is 35.4. The van der Waals surface area contributed by atoms with Gasteiger partial charge < -0.3 is 25.6 Å². The third kappa shape index (κ3) is 14.0. The van der Waals surface area contributed by atoms with Gasteiger partial charge in [-0.05, 0) is 99.7 Å². The molecule has 0 aliphatic heterocycles. The van der Waals surface area contributed by atoms with E-state index in [-0.39, 0.29) is 98.4 Å². The number of carbonyl (C=O) groups is 4. The molecule has 1 atom stereocenters. The van der Waals surface area contributed by atoms with Gasteiger partial charge in [0.05, 0.1) is 61.0 Å². The lowest BCUT2D eigenvalue weighted by molar-refractivity contribution is -0.143. The van der Waals surface area contributed by atoms with Crippen molar-refractivity contribution in [3.63, 3.8) is 0 Å². The zero-order chi connectivity index (χ0) is 46.4. The third-order valence-electron chi connectivity index (χ3n) is 9.33. The van der Waals surface area contributed by atoms with Gasteiger partial charge in [0.1, 0.15) is 5.75 Å². The lowest BCUT2D eigenvalue weighted by Gasteiger charge is -2.16. The highest BCUT2D eigenvalue weighted by Crippen LogP contribution is 2.49. The van der Waals surface area contributed by atoms with Gasteiger partial charge in [0, 0.05) is 24.1 Å². The Labute approximate surface area is 363 Å². The van der Waals surface area contributed by atoms with Crippen LogP contribution in [0.3, 0.4) is 0 Å². The van der Waals surface area contributed by atoms with Gasteiger partial charge in [-0.15, -0.1) is 0 Å². The fourth-order valence-corrected chi connectivity index (χ4v) is 7.30. The number of H-pyrrole nitrogens is 1. The number of phosphoric ester groups is 1. The Morgan fingerprint density at radius 3 is 2.23 bits per heavy atom. The highest BCUT2D eigenvalue weighted by atomic mass is 31.2. The van der Waals surface area contributed by atoms with Crippen molar-refractivity contribution in [2.45, 2.75) is 65.1 Å². The number of esters is 1. The molecule has 0 saturated heterocycles. The maximum Gasteiger partial charge on any atom is 0.474 e. The SMILES string of the molecule is CCOP(=O)(OCC)OCCc1ccc(OC(=O)c2ccc(C(F)(F)F)cc2Nc2nc3ncc(CNc4ccc(C(=O)CCCC(CCC(=O)O)C(=O)O)cc4)nc3c(=O)[nH]2)cc1. The smallest absolute Gasteiger partial charge is 0.474 e. The Balaban J connectivity index is 1.21. The van der Waals surface area contributed by atoms with E-state index in [0.717, 1.165) is 6.07 Å². The number of alkyl halides is 3. The number of fused-ring (bicyclic) bond motifs is 1. The van der Waals surface area contributed by atoms with E-state index >= 15 is 0 Å². The van der Waals surface area contributed by atoms with Crippen molar-refractivity contribution >= 4 is 60.0 Å². The maximum atomic E-state index is 13.8. The van der Waals surface area contributed by atoms with Crippen LogP contribution in [-0.2, 0) is 46.9 Å². The first kappa shape index (κ1) is 48.5. The number of aromatic amines is 1. The van der Waals surface area contributed by atoms with E-state index < -0.39 is 48.9 Å². The number of carboxylic acids is 2. The molecule has 0 fully saturated rings. The van der Waals surface area contributed by atoms with Crippen LogP contribution in [0.1, 0.15) is 83.5 Å². The molecule has 0 aliphatic rings. The number of nitrogens with zero attached hydrogens (tertiary/aromatic N) is 3. The first-order chi connectivity index (χ1) is 30.5. The molecule has 5 aromatic rings. The van der Waals surface area contributed by atoms with Gasteiger partial charge in [-0.25, -0.2) is 19.3 Å². The average molecular weight is 913 g/mol. The third-order valence-corrected chi connectivity index (χ3v) is 11.0. The van der Waals surface area contributed by atoms with Crippen LogP contribution >= 0.6 is 7.82 Å². The van der Waals surface area contributed by atoms with E-state index in [0.29, 0.717) is 41.1 Å². The summed E-state index contributed by atoms with van der Waals surface area (Å²) in [6, 6.07) is 14.9. The van der Waals surface area contributed by atoms with Crippen molar-refractivity contribution in [1.29, 1.82) is 0 Å². The monoisotopic (exact) mass is 912 g/mol. The van der Waals surface area contributed by atoms with Crippen molar-refractivity contribution in [2.75, 3.05) is 30.5 Å². The summed E-state index contributed by atoms with van der Waals surface area (Å²) < 4.78 is 74.9.